The molecule has 162 valence electrons. The van der Waals surface area contributed by atoms with Crippen LogP contribution in [0.4, 0.5) is 0 Å². The number of carbonyl (C=O) groups excluding carboxylic acids is 2. The van der Waals surface area contributed by atoms with Crippen LogP contribution in [0.2, 0.25) is 0 Å². The lowest BCUT2D eigenvalue weighted by molar-refractivity contribution is -0.183. The number of ether oxygens (including phenoxy) is 2. The minimum atomic E-state index is -2.68. The van der Waals surface area contributed by atoms with Crippen molar-refractivity contribution in [3.8, 4) is 11.1 Å². The smallest absolute Gasteiger partial charge is 0.363 e. The first-order chi connectivity index (χ1) is 14.6. The number of carboxylic acids is 2. The quantitative estimate of drug-likeness (QED) is 0.325. The van der Waals surface area contributed by atoms with E-state index >= 15 is 0 Å². The van der Waals surface area contributed by atoms with E-state index in [9.17, 15) is 29.4 Å². The molecule has 1 unspecified atom stereocenters. The topological polar surface area (TPSA) is 153 Å². The molecule has 0 aliphatic heterocycles. The van der Waals surface area contributed by atoms with Gasteiger partial charge in [0.05, 0.1) is 0 Å². The van der Waals surface area contributed by atoms with E-state index in [4.69, 9.17) is 10.5 Å². The maximum absolute atomic E-state index is 12.6. The van der Waals surface area contributed by atoms with E-state index in [-0.39, 0.29) is 12.5 Å². The van der Waals surface area contributed by atoms with Crippen LogP contribution >= 0.6 is 0 Å². The van der Waals surface area contributed by atoms with E-state index in [0.29, 0.717) is 0 Å². The van der Waals surface area contributed by atoms with Gasteiger partial charge in [0, 0.05) is 19.3 Å². The lowest BCUT2D eigenvalue weighted by atomic mass is 9.96. The van der Waals surface area contributed by atoms with Crippen LogP contribution in [0.5, 0.6) is 0 Å². The molecule has 0 aromatic heterocycles. The molecule has 0 heterocycles. The van der Waals surface area contributed by atoms with Crippen molar-refractivity contribution >= 4 is 23.9 Å². The molecule has 2 aromatic carbocycles. The molecule has 0 radical (unpaired) electrons. The number of benzene rings is 2. The molecule has 4 N–H and O–H groups in total. The number of carboxylic acid groups (broad SMARTS) is 2. The van der Waals surface area contributed by atoms with Crippen LogP contribution in [0.25, 0.3) is 11.1 Å². The number of carbonyl (C=O) groups is 4. The Kier molecular flexibility index (Phi) is 6.07. The first-order valence-corrected chi connectivity index (χ1v) is 9.43. The van der Waals surface area contributed by atoms with Gasteiger partial charge >= 0.3 is 23.9 Å². The normalized spacial score (nSPS) is 15.2. The average molecular weight is 427 g/mol. The summed E-state index contributed by atoms with van der Waals surface area (Å²) in [5.74, 6) is -7.85. The van der Waals surface area contributed by atoms with Crippen LogP contribution < -0.4 is 5.73 Å². The van der Waals surface area contributed by atoms with Crippen molar-refractivity contribution in [2.45, 2.75) is 25.0 Å². The average Bonchev–Trinajstić information content (AvgIpc) is 3.03. The molecule has 31 heavy (non-hydrogen) atoms. The Morgan fingerprint density at radius 3 is 1.97 bits per heavy atom. The van der Waals surface area contributed by atoms with Crippen molar-refractivity contribution in [1.82, 2.24) is 0 Å². The molecule has 9 nitrogen and oxygen atoms in total. The number of esters is 2. The number of aliphatic carboxylic acids is 2. The maximum atomic E-state index is 12.6. The first kappa shape index (κ1) is 22.0. The van der Waals surface area contributed by atoms with E-state index in [2.05, 4.69) is 4.74 Å². The Morgan fingerprint density at radius 1 is 1.00 bits per heavy atom. The Labute approximate surface area is 177 Å². The number of hydrogen-bond acceptors (Lipinski definition) is 7. The van der Waals surface area contributed by atoms with E-state index in [1.807, 2.05) is 48.5 Å². The summed E-state index contributed by atoms with van der Waals surface area (Å²) >= 11 is 0. The zero-order valence-corrected chi connectivity index (χ0v) is 16.6. The van der Waals surface area contributed by atoms with Gasteiger partial charge in [-0.2, -0.15) is 0 Å². The van der Waals surface area contributed by atoms with E-state index in [0.717, 1.165) is 29.2 Å². The van der Waals surface area contributed by atoms with Gasteiger partial charge in [-0.15, -0.1) is 0 Å². The van der Waals surface area contributed by atoms with Gasteiger partial charge in [-0.25, -0.2) is 4.79 Å². The summed E-state index contributed by atoms with van der Waals surface area (Å²) in [7, 11) is 0. The van der Waals surface area contributed by atoms with E-state index in [1.165, 1.54) is 0 Å². The second-order valence-corrected chi connectivity index (χ2v) is 7.24. The van der Waals surface area contributed by atoms with Gasteiger partial charge < -0.3 is 19.7 Å². The fourth-order valence-electron chi connectivity index (χ4n) is 3.71. The Bertz CT molecular complexity index is 1000. The van der Waals surface area contributed by atoms with Crippen LogP contribution in [0.15, 0.2) is 48.5 Å². The Morgan fingerprint density at radius 2 is 1.52 bits per heavy atom. The molecule has 1 aliphatic rings. The Balaban J connectivity index is 1.79. The maximum Gasteiger partial charge on any atom is 0.363 e. The highest BCUT2D eigenvalue weighted by Gasteiger charge is 2.45. The summed E-state index contributed by atoms with van der Waals surface area (Å²) in [5.41, 5.74) is 6.73. The highest BCUT2D eigenvalue weighted by molar-refractivity contribution is 5.95. The molecule has 0 fully saturated rings. The lowest BCUT2D eigenvalue weighted by Crippen LogP contribution is -2.54. The molecule has 0 saturated heterocycles. The number of rotatable bonds is 8. The zero-order valence-electron chi connectivity index (χ0n) is 16.6. The van der Waals surface area contributed by atoms with Gasteiger partial charge in [0.25, 0.3) is 5.72 Å². The van der Waals surface area contributed by atoms with Gasteiger partial charge in [0.15, 0.2) is 5.92 Å². The highest BCUT2D eigenvalue weighted by atomic mass is 16.6. The molecule has 2 atom stereocenters. The van der Waals surface area contributed by atoms with Gasteiger partial charge in [-0.1, -0.05) is 48.5 Å². The van der Waals surface area contributed by atoms with Gasteiger partial charge in [0.1, 0.15) is 6.61 Å². The van der Waals surface area contributed by atoms with Gasteiger partial charge in [-0.05, 0) is 22.3 Å². The van der Waals surface area contributed by atoms with Gasteiger partial charge in [-0.3, -0.25) is 20.1 Å². The second-order valence-electron chi connectivity index (χ2n) is 7.24. The monoisotopic (exact) mass is 427 g/mol. The van der Waals surface area contributed by atoms with Crippen molar-refractivity contribution in [2.75, 3.05) is 6.61 Å². The second kappa shape index (κ2) is 8.57. The Hall–Kier alpha value is -3.72. The summed E-state index contributed by atoms with van der Waals surface area (Å²) < 4.78 is 9.85. The van der Waals surface area contributed by atoms with Crippen molar-refractivity contribution in [3.63, 3.8) is 0 Å². The van der Waals surface area contributed by atoms with E-state index in [1.54, 1.807) is 0 Å². The van der Waals surface area contributed by atoms with Crippen LogP contribution in [-0.4, -0.2) is 46.4 Å². The SMILES string of the molecule is CC(=O)O[C@](N)(CC(C(=O)O)C(=O)OCC1c2ccccc2-c2ccccc21)C(=O)O. The van der Waals surface area contributed by atoms with Crippen LogP contribution in [0, 0.1) is 5.92 Å². The third-order valence-corrected chi connectivity index (χ3v) is 5.13. The molecule has 0 saturated carbocycles. The molecular weight excluding hydrogens is 406 g/mol. The molecule has 3 rings (SSSR count). The third-order valence-electron chi connectivity index (χ3n) is 5.13. The summed E-state index contributed by atoms with van der Waals surface area (Å²) in [6.07, 6.45) is -0.978. The minimum absolute atomic E-state index is 0.144. The summed E-state index contributed by atoms with van der Waals surface area (Å²) in [6.45, 7) is 0.780. The number of fused-ring (bicyclic) bond motifs is 3. The molecule has 1 aliphatic carbocycles. The molecular formula is C22H21NO8. The summed E-state index contributed by atoms with van der Waals surface area (Å²) in [6, 6.07) is 15.2. The molecule has 0 amide bonds. The van der Waals surface area contributed by atoms with Crippen molar-refractivity contribution < 1.29 is 38.9 Å². The number of nitrogens with two attached hydrogens (primary N) is 1. The molecule has 2 aromatic rings. The van der Waals surface area contributed by atoms with Crippen molar-refractivity contribution in [3.05, 3.63) is 59.7 Å². The largest absolute Gasteiger partial charge is 0.481 e. The van der Waals surface area contributed by atoms with Gasteiger partial charge in [0.2, 0.25) is 0 Å². The predicted molar refractivity (Wildman–Crippen MR) is 107 cm³/mol. The fourth-order valence-corrected chi connectivity index (χ4v) is 3.71. The van der Waals surface area contributed by atoms with Crippen LogP contribution in [-0.2, 0) is 28.7 Å². The van der Waals surface area contributed by atoms with Crippen LogP contribution in [0.3, 0.4) is 0 Å². The van der Waals surface area contributed by atoms with Crippen molar-refractivity contribution in [1.29, 1.82) is 0 Å². The number of hydrogen-bond donors (Lipinski definition) is 3. The minimum Gasteiger partial charge on any atom is -0.481 e. The predicted octanol–water partition coefficient (Wildman–Crippen LogP) is 1.74. The molecule has 0 bridgehead atoms. The third kappa shape index (κ3) is 4.41. The first-order valence-electron chi connectivity index (χ1n) is 9.43. The summed E-state index contributed by atoms with van der Waals surface area (Å²) in [4.78, 5) is 46.8. The summed E-state index contributed by atoms with van der Waals surface area (Å²) in [5, 5.41) is 18.7. The zero-order chi connectivity index (χ0) is 22.8. The highest BCUT2D eigenvalue weighted by Crippen LogP contribution is 2.44. The fraction of sp³-hybridized carbons (Fsp3) is 0.273. The van der Waals surface area contributed by atoms with E-state index < -0.39 is 41.9 Å². The standard InChI is InChI=1S/C22H21NO8/c1-12(24)31-22(23,21(28)29)10-17(19(25)26)20(27)30-11-18-15-8-4-2-6-13(15)14-7-3-5-9-16(14)18/h2-9,17-18H,10-11,23H2,1H3,(H,25,26)(H,28,29)/t17?,22-/m1/s1. The van der Waals surface area contributed by atoms with Crippen LogP contribution in [0.1, 0.15) is 30.4 Å². The molecule has 9 heteroatoms. The van der Waals surface area contributed by atoms with Crippen molar-refractivity contribution in [2.24, 2.45) is 11.7 Å². The lowest BCUT2D eigenvalue weighted by Gasteiger charge is -2.26. The molecule has 0 spiro atoms.